The van der Waals surface area contributed by atoms with Crippen LogP contribution in [0.15, 0.2) is 29.2 Å². The van der Waals surface area contributed by atoms with Crippen LogP contribution in [-0.4, -0.2) is 25.5 Å². The third-order valence-electron chi connectivity index (χ3n) is 5.15. The summed E-state index contributed by atoms with van der Waals surface area (Å²) < 4.78 is 27.2. The van der Waals surface area contributed by atoms with E-state index in [2.05, 4.69) is 15.4 Å². The number of carbonyl (C=O) groups is 1. The summed E-state index contributed by atoms with van der Waals surface area (Å²) in [6, 6.07) is 6.16. The van der Waals surface area contributed by atoms with Gasteiger partial charge in [0.2, 0.25) is 15.9 Å². The molecule has 1 aliphatic rings. The van der Waals surface area contributed by atoms with E-state index in [0.29, 0.717) is 24.4 Å². The first kappa shape index (κ1) is 22.8. The van der Waals surface area contributed by atoms with E-state index in [-0.39, 0.29) is 22.0 Å². The highest BCUT2D eigenvalue weighted by atomic mass is 32.2. The molecule has 1 aromatic carbocycles. The first-order valence-electron chi connectivity index (χ1n) is 10.0. The molecule has 1 aliphatic carbocycles. The van der Waals surface area contributed by atoms with Crippen LogP contribution >= 0.6 is 12.2 Å². The van der Waals surface area contributed by atoms with Gasteiger partial charge in [0.1, 0.15) is 0 Å². The number of amides is 1. The number of thiocarbonyl (C=S) groups is 1. The molecule has 1 fully saturated rings. The van der Waals surface area contributed by atoms with Gasteiger partial charge in [-0.1, -0.05) is 39.0 Å². The molecule has 3 N–H and O–H groups in total. The summed E-state index contributed by atoms with van der Waals surface area (Å²) in [5, 5.41) is 5.85. The SMILES string of the molecule is CCC(C)NS(=O)(=O)c1ccc(NC(=S)NC(=O)CCC2CCCCC2)cc1. The number of rotatable bonds is 8. The van der Waals surface area contributed by atoms with Crippen LogP contribution in [0.4, 0.5) is 5.69 Å². The van der Waals surface area contributed by atoms with E-state index in [1.807, 2.05) is 13.8 Å². The average Bonchev–Trinajstić information content (AvgIpc) is 2.67. The summed E-state index contributed by atoms with van der Waals surface area (Å²) in [6.45, 7) is 3.74. The first-order chi connectivity index (χ1) is 13.3. The number of sulfonamides is 1. The maximum absolute atomic E-state index is 12.3. The molecule has 0 bridgehead atoms. The molecule has 0 aromatic heterocycles. The molecule has 1 aromatic rings. The van der Waals surface area contributed by atoms with Crippen molar-refractivity contribution >= 4 is 38.9 Å². The van der Waals surface area contributed by atoms with Crippen LogP contribution in [0.25, 0.3) is 0 Å². The van der Waals surface area contributed by atoms with Gasteiger partial charge in [-0.2, -0.15) is 0 Å². The standard InChI is InChI=1S/C20H31N3O3S2/c1-3-15(2)23-28(25,26)18-12-10-17(11-13-18)21-20(27)22-19(24)14-9-16-7-5-4-6-8-16/h10-13,15-16,23H,3-9,14H2,1-2H3,(H2,21,22,24,27). The summed E-state index contributed by atoms with van der Waals surface area (Å²) in [5.41, 5.74) is 0.625. The average molecular weight is 426 g/mol. The number of anilines is 1. The Morgan fingerprint density at radius 2 is 1.82 bits per heavy atom. The quantitative estimate of drug-likeness (QED) is 0.549. The minimum absolute atomic E-state index is 0.0833. The van der Waals surface area contributed by atoms with Crippen molar-refractivity contribution in [1.82, 2.24) is 10.0 Å². The number of benzene rings is 1. The Bertz CT molecular complexity index is 757. The van der Waals surface area contributed by atoms with Gasteiger partial charge in [-0.25, -0.2) is 13.1 Å². The molecule has 28 heavy (non-hydrogen) atoms. The zero-order valence-corrected chi connectivity index (χ0v) is 18.3. The van der Waals surface area contributed by atoms with E-state index in [0.717, 1.165) is 6.42 Å². The lowest BCUT2D eigenvalue weighted by Gasteiger charge is -2.21. The second-order valence-corrected chi connectivity index (χ2v) is 9.62. The number of hydrogen-bond donors (Lipinski definition) is 3. The molecule has 1 unspecified atom stereocenters. The lowest BCUT2D eigenvalue weighted by atomic mass is 9.86. The Labute approximate surface area is 173 Å². The predicted molar refractivity (Wildman–Crippen MR) is 117 cm³/mol. The van der Waals surface area contributed by atoms with Crippen LogP contribution in [0.2, 0.25) is 0 Å². The van der Waals surface area contributed by atoms with Crippen LogP contribution in [0.1, 0.15) is 65.2 Å². The number of hydrogen-bond acceptors (Lipinski definition) is 4. The Hall–Kier alpha value is -1.51. The maximum Gasteiger partial charge on any atom is 0.240 e. The summed E-state index contributed by atoms with van der Waals surface area (Å²) in [7, 11) is -3.53. The molecule has 0 heterocycles. The van der Waals surface area contributed by atoms with E-state index in [4.69, 9.17) is 12.2 Å². The topological polar surface area (TPSA) is 87.3 Å². The molecule has 156 valence electrons. The lowest BCUT2D eigenvalue weighted by molar-refractivity contribution is -0.120. The maximum atomic E-state index is 12.3. The minimum Gasteiger partial charge on any atom is -0.332 e. The molecule has 0 saturated heterocycles. The fraction of sp³-hybridized carbons (Fsp3) is 0.600. The zero-order valence-electron chi connectivity index (χ0n) is 16.7. The minimum atomic E-state index is -3.53. The van der Waals surface area contributed by atoms with E-state index in [1.165, 1.54) is 44.2 Å². The molecule has 0 radical (unpaired) electrons. The highest BCUT2D eigenvalue weighted by Gasteiger charge is 2.17. The van der Waals surface area contributed by atoms with Gasteiger partial charge in [0.25, 0.3) is 0 Å². The second kappa shape index (κ2) is 10.9. The third kappa shape index (κ3) is 7.48. The third-order valence-corrected chi connectivity index (χ3v) is 6.96. The molecular weight excluding hydrogens is 394 g/mol. The monoisotopic (exact) mass is 425 g/mol. The Kier molecular flexibility index (Phi) is 8.85. The Morgan fingerprint density at radius 3 is 2.43 bits per heavy atom. The van der Waals surface area contributed by atoms with Gasteiger partial charge in [-0.15, -0.1) is 0 Å². The molecule has 0 aliphatic heterocycles. The lowest BCUT2D eigenvalue weighted by Crippen LogP contribution is -2.34. The van der Waals surface area contributed by atoms with Crippen molar-refractivity contribution in [1.29, 1.82) is 0 Å². The van der Waals surface area contributed by atoms with Gasteiger partial charge in [-0.05, 0) is 62.2 Å². The van der Waals surface area contributed by atoms with E-state index >= 15 is 0 Å². The van der Waals surface area contributed by atoms with Gasteiger partial charge in [0.05, 0.1) is 4.90 Å². The smallest absolute Gasteiger partial charge is 0.240 e. The van der Waals surface area contributed by atoms with Gasteiger partial charge in [0, 0.05) is 18.2 Å². The van der Waals surface area contributed by atoms with Gasteiger partial charge < -0.3 is 10.6 Å². The second-order valence-electron chi connectivity index (χ2n) is 7.50. The zero-order chi connectivity index (χ0) is 20.6. The largest absolute Gasteiger partial charge is 0.332 e. The number of carbonyl (C=O) groups excluding carboxylic acids is 1. The summed E-state index contributed by atoms with van der Waals surface area (Å²) in [4.78, 5) is 12.3. The van der Waals surface area contributed by atoms with Crippen molar-refractivity contribution in [3.63, 3.8) is 0 Å². The Morgan fingerprint density at radius 1 is 1.18 bits per heavy atom. The van der Waals surface area contributed by atoms with E-state index in [9.17, 15) is 13.2 Å². The first-order valence-corrected chi connectivity index (χ1v) is 11.9. The van der Waals surface area contributed by atoms with Crippen LogP contribution in [0.5, 0.6) is 0 Å². The molecule has 6 nitrogen and oxygen atoms in total. The highest BCUT2D eigenvalue weighted by Crippen LogP contribution is 2.27. The molecule has 0 spiro atoms. The van der Waals surface area contributed by atoms with Crippen molar-refractivity contribution in [3.05, 3.63) is 24.3 Å². The molecule has 1 atom stereocenters. The van der Waals surface area contributed by atoms with Gasteiger partial charge in [-0.3, -0.25) is 4.79 Å². The molecule has 8 heteroatoms. The van der Waals surface area contributed by atoms with Crippen LogP contribution < -0.4 is 15.4 Å². The van der Waals surface area contributed by atoms with E-state index < -0.39 is 10.0 Å². The van der Waals surface area contributed by atoms with Crippen molar-refractivity contribution < 1.29 is 13.2 Å². The van der Waals surface area contributed by atoms with Crippen LogP contribution in [-0.2, 0) is 14.8 Å². The summed E-state index contributed by atoms with van der Waals surface area (Å²) in [6.07, 6.45) is 8.39. The van der Waals surface area contributed by atoms with Crippen molar-refractivity contribution in [2.24, 2.45) is 5.92 Å². The predicted octanol–water partition coefficient (Wildman–Crippen LogP) is 3.94. The molecule has 1 amide bonds. The molecular formula is C20H31N3O3S2. The van der Waals surface area contributed by atoms with Gasteiger partial charge >= 0.3 is 0 Å². The fourth-order valence-electron chi connectivity index (χ4n) is 3.30. The fourth-order valence-corrected chi connectivity index (χ4v) is 4.85. The summed E-state index contributed by atoms with van der Waals surface area (Å²) in [5.74, 6) is 0.569. The Balaban J connectivity index is 1.80. The highest BCUT2D eigenvalue weighted by molar-refractivity contribution is 7.89. The van der Waals surface area contributed by atoms with Crippen molar-refractivity contribution in [2.75, 3.05) is 5.32 Å². The molecule has 2 rings (SSSR count). The van der Waals surface area contributed by atoms with Gasteiger partial charge in [0.15, 0.2) is 5.11 Å². The van der Waals surface area contributed by atoms with E-state index in [1.54, 1.807) is 12.1 Å². The number of nitrogens with one attached hydrogen (secondary N) is 3. The van der Waals surface area contributed by atoms with Crippen LogP contribution in [0, 0.1) is 5.92 Å². The molecule has 1 saturated carbocycles. The van der Waals surface area contributed by atoms with Crippen molar-refractivity contribution in [2.45, 2.75) is 76.2 Å². The van der Waals surface area contributed by atoms with Crippen molar-refractivity contribution in [3.8, 4) is 0 Å². The normalized spacial score (nSPS) is 16.4. The summed E-state index contributed by atoms with van der Waals surface area (Å²) >= 11 is 5.19. The van der Waals surface area contributed by atoms with Crippen LogP contribution in [0.3, 0.4) is 0 Å².